The molecule has 2 rings (SSSR count). The van der Waals surface area contributed by atoms with Crippen molar-refractivity contribution in [3.8, 4) is 5.88 Å². The molecule has 2 aromatic heterocycles. The number of carbonyl (C=O) groups excluding carboxylic acids is 1. The Bertz CT molecular complexity index is 1040. The molecule has 0 saturated carbocycles. The summed E-state index contributed by atoms with van der Waals surface area (Å²) in [7, 11) is -0.496. The molecule has 0 amide bonds. The van der Waals surface area contributed by atoms with Crippen molar-refractivity contribution in [2.24, 2.45) is 5.92 Å². The average Bonchev–Trinajstić information content (AvgIpc) is 2.68. The molecule has 7 nitrogen and oxygen atoms in total. The first kappa shape index (κ1) is 26.5. The molecular formula is C23H35BrN2O5Si. The van der Waals surface area contributed by atoms with Crippen LogP contribution in [0.2, 0.25) is 18.1 Å². The van der Waals surface area contributed by atoms with Crippen LogP contribution in [0.25, 0.3) is 11.0 Å². The quantitative estimate of drug-likeness (QED) is 0.330. The monoisotopic (exact) mass is 526 g/mol. The van der Waals surface area contributed by atoms with E-state index in [0.29, 0.717) is 28.0 Å². The Morgan fingerprint density at radius 3 is 2.41 bits per heavy atom. The maximum Gasteiger partial charge on any atom is 0.343 e. The van der Waals surface area contributed by atoms with Crippen molar-refractivity contribution in [1.29, 1.82) is 0 Å². The third-order valence-electron chi connectivity index (χ3n) is 6.16. The molecule has 2 aromatic rings. The second-order valence-electron chi connectivity index (χ2n) is 9.73. The molecule has 1 atom stereocenters. The molecule has 1 unspecified atom stereocenters. The topological polar surface area (TPSA) is 79.7 Å². The van der Waals surface area contributed by atoms with E-state index in [2.05, 4.69) is 68.6 Å². The summed E-state index contributed by atoms with van der Waals surface area (Å²) in [6, 6.07) is 1.49. The van der Waals surface area contributed by atoms with E-state index in [-0.39, 0.29) is 29.2 Å². The second-order valence-corrected chi connectivity index (χ2v) is 15.4. The molecule has 0 aromatic carbocycles. The summed E-state index contributed by atoms with van der Waals surface area (Å²) >= 11 is 3.40. The average molecular weight is 528 g/mol. The van der Waals surface area contributed by atoms with Crippen LogP contribution in [0.15, 0.2) is 21.5 Å². The second kappa shape index (κ2) is 10.1. The van der Waals surface area contributed by atoms with Gasteiger partial charge < -0.3 is 18.5 Å². The summed E-state index contributed by atoms with van der Waals surface area (Å²) in [5.74, 6) is -0.132. The molecule has 178 valence electrons. The number of hydrogen-bond donors (Lipinski definition) is 0. The lowest BCUT2D eigenvalue weighted by Crippen LogP contribution is -2.42. The number of halogens is 1. The third kappa shape index (κ3) is 5.43. The molecule has 0 aliphatic heterocycles. The Hall–Kier alpha value is -1.71. The van der Waals surface area contributed by atoms with Crippen molar-refractivity contribution < 1.29 is 18.7 Å². The van der Waals surface area contributed by atoms with E-state index in [0.717, 1.165) is 0 Å². The fourth-order valence-electron chi connectivity index (χ4n) is 3.09. The van der Waals surface area contributed by atoms with Gasteiger partial charge in [0.05, 0.1) is 36.2 Å². The summed E-state index contributed by atoms with van der Waals surface area (Å²) in [5, 5.41) is 0.379. The van der Waals surface area contributed by atoms with Crippen molar-refractivity contribution in [3.63, 3.8) is 0 Å². The number of aromatic nitrogens is 2. The molecule has 0 aliphatic rings. The van der Waals surface area contributed by atoms with Gasteiger partial charge in [0.15, 0.2) is 8.32 Å². The lowest BCUT2D eigenvalue weighted by molar-refractivity contribution is 0.0523. The first-order chi connectivity index (χ1) is 14.7. The van der Waals surface area contributed by atoms with E-state index in [1.807, 2.05) is 4.57 Å². The van der Waals surface area contributed by atoms with Crippen molar-refractivity contribution in [1.82, 2.24) is 9.55 Å². The number of fused-ring (bicyclic) bond motifs is 1. The van der Waals surface area contributed by atoms with Gasteiger partial charge in [-0.1, -0.05) is 34.6 Å². The maximum absolute atomic E-state index is 13.1. The third-order valence-corrected chi connectivity index (χ3v) is 11.2. The lowest BCUT2D eigenvalue weighted by Gasteiger charge is -2.38. The van der Waals surface area contributed by atoms with E-state index in [1.165, 1.54) is 7.11 Å². The zero-order valence-electron chi connectivity index (χ0n) is 20.5. The van der Waals surface area contributed by atoms with Crippen molar-refractivity contribution in [2.75, 3.05) is 20.3 Å². The predicted octanol–water partition coefficient (Wildman–Crippen LogP) is 5.56. The summed E-state index contributed by atoms with van der Waals surface area (Å²) in [4.78, 5) is 30.3. The normalized spacial score (nSPS) is 13.5. The van der Waals surface area contributed by atoms with Crippen molar-refractivity contribution >= 4 is 41.3 Å². The molecule has 0 aliphatic carbocycles. The van der Waals surface area contributed by atoms with Gasteiger partial charge in [-0.05, 0) is 53.0 Å². The minimum Gasteiger partial charge on any atom is -0.480 e. The first-order valence-corrected chi connectivity index (χ1v) is 14.6. The SMILES string of the molecule is CCOC(=O)c1cn(C(CO[Si](C)(C)C(C)(C)C)C(C)C)c2nc(OC)c(Br)cc2c1=O. The van der Waals surface area contributed by atoms with Crippen LogP contribution in [0, 0.1) is 5.92 Å². The molecule has 0 saturated heterocycles. The highest BCUT2D eigenvalue weighted by atomic mass is 79.9. The van der Waals surface area contributed by atoms with Gasteiger partial charge in [0, 0.05) is 6.20 Å². The first-order valence-electron chi connectivity index (χ1n) is 10.9. The van der Waals surface area contributed by atoms with Gasteiger partial charge in [0.1, 0.15) is 11.2 Å². The molecule has 32 heavy (non-hydrogen) atoms. The largest absolute Gasteiger partial charge is 0.480 e. The molecular weight excluding hydrogens is 492 g/mol. The number of pyridine rings is 2. The Kier molecular flexibility index (Phi) is 8.34. The molecule has 0 bridgehead atoms. The van der Waals surface area contributed by atoms with Crippen LogP contribution >= 0.6 is 15.9 Å². The number of hydrogen-bond acceptors (Lipinski definition) is 6. The fourth-order valence-corrected chi connectivity index (χ4v) is 4.58. The summed E-state index contributed by atoms with van der Waals surface area (Å²) in [6.07, 6.45) is 1.56. The van der Waals surface area contributed by atoms with Crippen LogP contribution in [-0.2, 0) is 9.16 Å². The fraction of sp³-hybridized carbons (Fsp3) is 0.609. The van der Waals surface area contributed by atoms with Crippen LogP contribution in [0.4, 0.5) is 0 Å². The Labute approximate surface area is 199 Å². The van der Waals surface area contributed by atoms with Gasteiger partial charge in [0.2, 0.25) is 11.3 Å². The van der Waals surface area contributed by atoms with Crippen molar-refractivity contribution in [2.45, 2.75) is 65.7 Å². The lowest BCUT2D eigenvalue weighted by atomic mass is 10.0. The standard InChI is InChI=1S/C23H35BrN2O5Si/c1-10-30-22(28)16-12-26(18(14(2)3)13-31-32(8,9)23(4,5)6)20-15(19(16)27)11-17(24)21(25-20)29-7/h11-12,14,18H,10,13H2,1-9H3. The summed E-state index contributed by atoms with van der Waals surface area (Å²) in [6.45, 7) is 17.5. The van der Waals surface area contributed by atoms with E-state index in [9.17, 15) is 9.59 Å². The molecule has 0 fully saturated rings. The van der Waals surface area contributed by atoms with Gasteiger partial charge in [-0.2, -0.15) is 4.98 Å². The van der Waals surface area contributed by atoms with Gasteiger partial charge in [-0.15, -0.1) is 0 Å². The van der Waals surface area contributed by atoms with Gasteiger partial charge in [-0.3, -0.25) is 4.79 Å². The number of carbonyl (C=O) groups is 1. The summed E-state index contributed by atoms with van der Waals surface area (Å²) in [5.41, 5.74) is 0.00944. The molecule has 0 spiro atoms. The zero-order chi connectivity index (χ0) is 24.4. The van der Waals surface area contributed by atoms with Gasteiger partial charge in [-0.25, -0.2) is 4.79 Å². The number of rotatable bonds is 8. The van der Waals surface area contributed by atoms with E-state index < -0.39 is 19.7 Å². The highest BCUT2D eigenvalue weighted by molar-refractivity contribution is 9.10. The zero-order valence-corrected chi connectivity index (χ0v) is 23.1. The number of ether oxygens (including phenoxy) is 2. The van der Waals surface area contributed by atoms with E-state index in [4.69, 9.17) is 13.9 Å². The number of methoxy groups -OCH3 is 1. The highest BCUT2D eigenvalue weighted by Crippen LogP contribution is 2.38. The number of nitrogens with zero attached hydrogens (tertiary/aromatic N) is 2. The minimum absolute atomic E-state index is 0.0174. The predicted molar refractivity (Wildman–Crippen MR) is 133 cm³/mol. The van der Waals surface area contributed by atoms with E-state index >= 15 is 0 Å². The van der Waals surface area contributed by atoms with Crippen LogP contribution in [0.5, 0.6) is 5.88 Å². The van der Waals surface area contributed by atoms with Crippen LogP contribution in [-0.4, -0.2) is 44.2 Å². The van der Waals surface area contributed by atoms with Crippen LogP contribution < -0.4 is 10.2 Å². The summed E-state index contributed by atoms with van der Waals surface area (Å²) < 4.78 is 19.5. The minimum atomic E-state index is -2.02. The number of esters is 1. The highest BCUT2D eigenvalue weighted by Gasteiger charge is 2.38. The van der Waals surface area contributed by atoms with Crippen LogP contribution in [0.1, 0.15) is 57.9 Å². The van der Waals surface area contributed by atoms with Crippen LogP contribution in [0.3, 0.4) is 0 Å². The smallest absolute Gasteiger partial charge is 0.343 e. The Balaban J connectivity index is 2.74. The van der Waals surface area contributed by atoms with Crippen molar-refractivity contribution in [3.05, 3.63) is 32.5 Å². The van der Waals surface area contributed by atoms with Gasteiger partial charge in [0.25, 0.3) is 0 Å². The van der Waals surface area contributed by atoms with Gasteiger partial charge >= 0.3 is 5.97 Å². The molecule has 0 radical (unpaired) electrons. The Morgan fingerprint density at radius 2 is 1.91 bits per heavy atom. The molecule has 0 N–H and O–H groups in total. The maximum atomic E-state index is 13.1. The Morgan fingerprint density at radius 1 is 1.28 bits per heavy atom. The molecule has 2 heterocycles. The molecule has 9 heteroatoms. The van der Waals surface area contributed by atoms with E-state index in [1.54, 1.807) is 19.2 Å².